The van der Waals surface area contributed by atoms with Crippen LogP contribution in [0.5, 0.6) is 0 Å². The van der Waals surface area contributed by atoms with Crippen molar-refractivity contribution >= 4 is 11.6 Å². The van der Waals surface area contributed by atoms with Gasteiger partial charge in [-0.05, 0) is 12.1 Å². The number of hydrogen-bond acceptors (Lipinski definition) is 4. The Labute approximate surface area is 103 Å². The molecular formula is C11H11ClFN3O. The maximum absolute atomic E-state index is 13.6. The maximum atomic E-state index is 13.6. The van der Waals surface area contributed by atoms with Crippen molar-refractivity contribution in [3.8, 4) is 11.5 Å². The average Bonchev–Trinajstić information content (AvgIpc) is 2.77. The molecule has 17 heavy (non-hydrogen) atoms. The molecule has 1 atom stereocenters. The van der Waals surface area contributed by atoms with Gasteiger partial charge >= 0.3 is 0 Å². The van der Waals surface area contributed by atoms with E-state index in [-0.39, 0.29) is 22.4 Å². The largest absolute Gasteiger partial charge is 0.334 e. The smallest absolute Gasteiger partial charge is 0.262 e. The first-order valence-electron chi connectivity index (χ1n) is 5.11. The summed E-state index contributed by atoms with van der Waals surface area (Å²) in [6, 6.07) is 4.37. The van der Waals surface area contributed by atoms with Gasteiger partial charge in [-0.1, -0.05) is 29.7 Å². The van der Waals surface area contributed by atoms with Gasteiger partial charge in [0.05, 0.1) is 10.6 Å². The van der Waals surface area contributed by atoms with Gasteiger partial charge in [-0.15, -0.1) is 0 Å². The van der Waals surface area contributed by atoms with Gasteiger partial charge in [0.25, 0.3) is 5.89 Å². The van der Waals surface area contributed by atoms with E-state index in [2.05, 4.69) is 10.1 Å². The molecule has 1 aromatic heterocycles. The fourth-order valence-electron chi connectivity index (χ4n) is 1.34. The Kier molecular flexibility index (Phi) is 3.40. The zero-order valence-electron chi connectivity index (χ0n) is 9.15. The van der Waals surface area contributed by atoms with Gasteiger partial charge in [-0.3, -0.25) is 0 Å². The van der Waals surface area contributed by atoms with Crippen LogP contribution in [-0.4, -0.2) is 16.7 Å². The van der Waals surface area contributed by atoms with E-state index < -0.39 is 5.82 Å². The summed E-state index contributed by atoms with van der Waals surface area (Å²) in [4.78, 5) is 4.09. The summed E-state index contributed by atoms with van der Waals surface area (Å²) in [6.45, 7) is 2.25. The minimum atomic E-state index is -0.492. The van der Waals surface area contributed by atoms with Gasteiger partial charge in [0.15, 0.2) is 5.82 Å². The van der Waals surface area contributed by atoms with Crippen LogP contribution in [0, 0.1) is 5.82 Å². The lowest BCUT2D eigenvalue weighted by molar-refractivity contribution is 0.416. The highest BCUT2D eigenvalue weighted by atomic mass is 35.5. The predicted molar refractivity (Wildman–Crippen MR) is 62.2 cm³/mol. The summed E-state index contributed by atoms with van der Waals surface area (Å²) >= 11 is 5.89. The van der Waals surface area contributed by atoms with Crippen LogP contribution < -0.4 is 5.73 Å². The van der Waals surface area contributed by atoms with Crippen LogP contribution in [0.1, 0.15) is 18.7 Å². The van der Waals surface area contributed by atoms with Crippen molar-refractivity contribution in [2.24, 2.45) is 5.73 Å². The van der Waals surface area contributed by atoms with E-state index in [1.807, 2.05) is 6.92 Å². The topological polar surface area (TPSA) is 64.9 Å². The second kappa shape index (κ2) is 4.81. The third kappa shape index (κ3) is 2.30. The monoisotopic (exact) mass is 255 g/mol. The molecule has 2 N–H and O–H groups in total. The Morgan fingerprint density at radius 2 is 2.29 bits per heavy atom. The number of nitrogens with zero attached hydrogens (tertiary/aromatic N) is 2. The summed E-state index contributed by atoms with van der Waals surface area (Å²) < 4.78 is 18.6. The van der Waals surface area contributed by atoms with Crippen molar-refractivity contribution in [2.45, 2.75) is 12.8 Å². The number of nitrogens with two attached hydrogens (primary N) is 1. The molecule has 6 heteroatoms. The molecule has 0 radical (unpaired) electrons. The molecule has 4 nitrogen and oxygen atoms in total. The molecule has 0 aliphatic rings. The van der Waals surface area contributed by atoms with E-state index in [4.69, 9.17) is 21.9 Å². The lowest BCUT2D eigenvalue weighted by Crippen LogP contribution is -2.10. The van der Waals surface area contributed by atoms with Crippen molar-refractivity contribution in [3.05, 3.63) is 34.9 Å². The van der Waals surface area contributed by atoms with E-state index in [9.17, 15) is 4.39 Å². The van der Waals surface area contributed by atoms with Gasteiger partial charge < -0.3 is 10.3 Å². The van der Waals surface area contributed by atoms with Gasteiger partial charge in [0.2, 0.25) is 0 Å². The Hall–Kier alpha value is -1.46. The standard InChI is InChI=1S/C11H11ClFN3O/c1-6(5-14)10-15-11(17-16-10)9-7(12)3-2-4-8(9)13/h2-4,6H,5,14H2,1H3. The third-order valence-electron chi connectivity index (χ3n) is 2.41. The molecule has 0 bridgehead atoms. The molecule has 1 heterocycles. The lowest BCUT2D eigenvalue weighted by Gasteiger charge is -2.00. The number of benzene rings is 1. The Morgan fingerprint density at radius 3 is 2.94 bits per heavy atom. The molecule has 90 valence electrons. The fourth-order valence-corrected chi connectivity index (χ4v) is 1.59. The van der Waals surface area contributed by atoms with Crippen molar-refractivity contribution in [1.82, 2.24) is 10.1 Å². The van der Waals surface area contributed by atoms with Crippen molar-refractivity contribution < 1.29 is 8.91 Å². The lowest BCUT2D eigenvalue weighted by atomic mass is 10.1. The van der Waals surface area contributed by atoms with Gasteiger partial charge in [-0.25, -0.2) is 4.39 Å². The molecule has 0 aliphatic heterocycles. The predicted octanol–water partition coefficient (Wildman–Crippen LogP) is 2.59. The van der Waals surface area contributed by atoms with Crippen LogP contribution in [0.3, 0.4) is 0 Å². The van der Waals surface area contributed by atoms with E-state index in [1.54, 1.807) is 6.07 Å². The summed E-state index contributed by atoms with van der Waals surface area (Å²) in [5.41, 5.74) is 5.61. The third-order valence-corrected chi connectivity index (χ3v) is 2.73. The van der Waals surface area contributed by atoms with Crippen molar-refractivity contribution in [1.29, 1.82) is 0 Å². The molecule has 0 amide bonds. The van der Waals surface area contributed by atoms with Gasteiger partial charge in [0, 0.05) is 12.5 Å². The summed E-state index contributed by atoms with van der Waals surface area (Å²) in [6.07, 6.45) is 0. The highest BCUT2D eigenvalue weighted by Gasteiger charge is 2.18. The minimum absolute atomic E-state index is 0.0435. The number of rotatable bonds is 3. The van der Waals surface area contributed by atoms with E-state index in [1.165, 1.54) is 12.1 Å². The van der Waals surface area contributed by atoms with E-state index in [0.29, 0.717) is 12.4 Å². The first kappa shape index (κ1) is 12.0. The first-order valence-corrected chi connectivity index (χ1v) is 5.49. The SMILES string of the molecule is CC(CN)c1noc(-c2c(F)cccc2Cl)n1. The molecule has 0 aliphatic carbocycles. The number of hydrogen-bond donors (Lipinski definition) is 1. The van der Waals surface area contributed by atoms with Crippen LogP contribution in [-0.2, 0) is 0 Å². The summed E-state index contributed by atoms with van der Waals surface area (Å²) in [5, 5.41) is 3.99. The molecule has 0 saturated heterocycles. The Balaban J connectivity index is 2.44. The van der Waals surface area contributed by atoms with E-state index >= 15 is 0 Å². The summed E-state index contributed by atoms with van der Waals surface area (Å²) in [7, 11) is 0. The molecule has 0 saturated carbocycles. The number of aromatic nitrogens is 2. The zero-order valence-corrected chi connectivity index (χ0v) is 9.91. The highest BCUT2D eigenvalue weighted by Crippen LogP contribution is 2.29. The van der Waals surface area contributed by atoms with Crippen molar-refractivity contribution in [2.75, 3.05) is 6.54 Å². The Morgan fingerprint density at radius 1 is 1.53 bits per heavy atom. The maximum Gasteiger partial charge on any atom is 0.262 e. The van der Waals surface area contributed by atoms with Gasteiger partial charge in [-0.2, -0.15) is 4.98 Å². The molecule has 2 rings (SSSR count). The molecule has 0 spiro atoms. The second-order valence-corrected chi connectivity index (χ2v) is 4.10. The quantitative estimate of drug-likeness (QED) is 0.916. The van der Waals surface area contributed by atoms with Crippen LogP contribution in [0.4, 0.5) is 4.39 Å². The number of halogens is 2. The van der Waals surface area contributed by atoms with Crippen LogP contribution in [0.25, 0.3) is 11.5 Å². The molecule has 1 aromatic carbocycles. The molecular weight excluding hydrogens is 245 g/mol. The van der Waals surface area contributed by atoms with Crippen LogP contribution >= 0.6 is 11.6 Å². The Bertz CT molecular complexity index is 509. The van der Waals surface area contributed by atoms with Crippen LogP contribution in [0.2, 0.25) is 5.02 Å². The van der Waals surface area contributed by atoms with E-state index in [0.717, 1.165) is 0 Å². The first-order chi connectivity index (χ1) is 8.13. The minimum Gasteiger partial charge on any atom is -0.334 e. The summed E-state index contributed by atoms with van der Waals surface area (Å²) in [5.74, 6) is -0.0172. The van der Waals surface area contributed by atoms with Crippen molar-refractivity contribution in [3.63, 3.8) is 0 Å². The molecule has 2 aromatic rings. The second-order valence-electron chi connectivity index (χ2n) is 3.69. The highest BCUT2D eigenvalue weighted by molar-refractivity contribution is 6.33. The van der Waals surface area contributed by atoms with Gasteiger partial charge in [0.1, 0.15) is 5.82 Å². The van der Waals surface area contributed by atoms with Crippen LogP contribution in [0.15, 0.2) is 22.7 Å². The fraction of sp³-hybridized carbons (Fsp3) is 0.273. The normalized spacial score (nSPS) is 12.7. The molecule has 0 fully saturated rings. The zero-order chi connectivity index (χ0) is 12.4. The average molecular weight is 256 g/mol. The molecule has 1 unspecified atom stereocenters.